The number of aryl methyl sites for hydroxylation is 1. The highest BCUT2D eigenvalue weighted by atomic mass is 32.1. The van der Waals surface area contributed by atoms with E-state index in [0.29, 0.717) is 4.88 Å². The first-order valence-corrected chi connectivity index (χ1v) is 5.40. The molecule has 1 N–H and O–H groups in total. The summed E-state index contributed by atoms with van der Waals surface area (Å²) in [5.41, 5.74) is 0.776. The standard InChI is InChI=1S/C10H15N3OS/c1-7-9(15-10(11-2)12-7)8(14)5-6-13(3)4/h5-6H,1-4H3,(H,11,12). The molecule has 82 valence electrons. The molecule has 0 amide bonds. The highest BCUT2D eigenvalue weighted by Gasteiger charge is 2.11. The molecule has 0 aliphatic heterocycles. The minimum Gasteiger partial charge on any atom is -0.383 e. The normalized spacial score (nSPS) is 10.7. The van der Waals surface area contributed by atoms with Crippen molar-refractivity contribution in [1.82, 2.24) is 9.88 Å². The van der Waals surface area contributed by atoms with Crippen LogP contribution in [0.1, 0.15) is 15.4 Å². The van der Waals surface area contributed by atoms with Crippen LogP contribution in [0.25, 0.3) is 0 Å². The van der Waals surface area contributed by atoms with Crippen molar-refractivity contribution in [2.24, 2.45) is 0 Å². The monoisotopic (exact) mass is 225 g/mol. The number of nitrogens with one attached hydrogen (secondary N) is 1. The Morgan fingerprint density at radius 2 is 2.20 bits per heavy atom. The number of hydrogen-bond donors (Lipinski definition) is 1. The van der Waals surface area contributed by atoms with Crippen molar-refractivity contribution < 1.29 is 4.79 Å². The average molecular weight is 225 g/mol. The molecule has 0 radical (unpaired) electrons. The van der Waals surface area contributed by atoms with E-state index in [1.165, 1.54) is 11.3 Å². The number of aromatic nitrogens is 1. The maximum atomic E-state index is 11.7. The van der Waals surface area contributed by atoms with E-state index in [0.717, 1.165) is 10.8 Å². The number of allylic oxidation sites excluding steroid dienone is 1. The van der Waals surface area contributed by atoms with Gasteiger partial charge in [0.1, 0.15) is 0 Å². The third-order valence-electron chi connectivity index (χ3n) is 1.76. The van der Waals surface area contributed by atoms with Crippen LogP contribution < -0.4 is 5.32 Å². The second kappa shape index (κ2) is 4.93. The maximum absolute atomic E-state index is 11.7. The first-order valence-electron chi connectivity index (χ1n) is 4.58. The molecule has 0 aliphatic carbocycles. The first kappa shape index (κ1) is 11.7. The zero-order valence-corrected chi connectivity index (χ0v) is 10.2. The fraction of sp³-hybridized carbons (Fsp3) is 0.400. The molecular weight excluding hydrogens is 210 g/mol. The van der Waals surface area contributed by atoms with E-state index < -0.39 is 0 Å². The van der Waals surface area contributed by atoms with Gasteiger partial charge < -0.3 is 10.2 Å². The fourth-order valence-corrected chi connectivity index (χ4v) is 1.86. The van der Waals surface area contributed by atoms with Crippen LogP contribution in [0.5, 0.6) is 0 Å². The molecule has 1 aromatic rings. The molecule has 0 saturated heterocycles. The van der Waals surface area contributed by atoms with Crippen molar-refractivity contribution in [3.63, 3.8) is 0 Å². The molecule has 0 aromatic carbocycles. The first-order chi connectivity index (χ1) is 7.04. The minimum atomic E-state index is 0.000185. The van der Waals surface area contributed by atoms with Crippen LogP contribution in [0.3, 0.4) is 0 Å². The Hall–Kier alpha value is -1.36. The van der Waals surface area contributed by atoms with Gasteiger partial charge in [-0.1, -0.05) is 11.3 Å². The quantitative estimate of drug-likeness (QED) is 0.626. The molecule has 5 heteroatoms. The molecule has 0 atom stereocenters. The Balaban J connectivity index is 2.86. The van der Waals surface area contributed by atoms with Crippen LogP contribution in [0.15, 0.2) is 12.3 Å². The van der Waals surface area contributed by atoms with Crippen molar-refractivity contribution in [3.05, 3.63) is 22.8 Å². The Morgan fingerprint density at radius 3 is 2.67 bits per heavy atom. The Bertz CT molecular complexity index is 382. The lowest BCUT2D eigenvalue weighted by molar-refractivity contribution is 0.104. The van der Waals surface area contributed by atoms with Gasteiger partial charge in [-0.25, -0.2) is 4.98 Å². The molecule has 0 spiro atoms. The van der Waals surface area contributed by atoms with Gasteiger partial charge in [-0.3, -0.25) is 4.79 Å². The number of carbonyl (C=O) groups excluding carboxylic acids is 1. The largest absolute Gasteiger partial charge is 0.383 e. The smallest absolute Gasteiger partial charge is 0.199 e. The fourth-order valence-electron chi connectivity index (χ4n) is 1.02. The number of thiazole rings is 1. The summed E-state index contributed by atoms with van der Waals surface area (Å²) < 4.78 is 0. The topological polar surface area (TPSA) is 45.2 Å². The van der Waals surface area contributed by atoms with E-state index in [1.54, 1.807) is 19.3 Å². The SMILES string of the molecule is CNc1nc(C)c(C(=O)C=CN(C)C)s1. The van der Waals surface area contributed by atoms with Crippen molar-refractivity contribution >= 4 is 22.3 Å². The third kappa shape index (κ3) is 3.06. The van der Waals surface area contributed by atoms with Crippen LogP contribution >= 0.6 is 11.3 Å². The maximum Gasteiger partial charge on any atom is 0.199 e. The number of nitrogens with zero attached hydrogens (tertiary/aromatic N) is 2. The van der Waals surface area contributed by atoms with Gasteiger partial charge in [-0.2, -0.15) is 0 Å². The second-order valence-corrected chi connectivity index (χ2v) is 4.33. The van der Waals surface area contributed by atoms with Gasteiger partial charge >= 0.3 is 0 Å². The summed E-state index contributed by atoms with van der Waals surface area (Å²) in [6.07, 6.45) is 3.29. The summed E-state index contributed by atoms with van der Waals surface area (Å²) in [6, 6.07) is 0. The molecule has 1 rings (SSSR count). The molecule has 0 unspecified atom stereocenters. The molecule has 0 fully saturated rings. The zero-order chi connectivity index (χ0) is 11.4. The molecule has 1 heterocycles. The van der Waals surface area contributed by atoms with Gasteiger partial charge in [0.15, 0.2) is 10.9 Å². The summed E-state index contributed by atoms with van der Waals surface area (Å²) in [7, 11) is 5.55. The van der Waals surface area contributed by atoms with Crippen molar-refractivity contribution in [1.29, 1.82) is 0 Å². The van der Waals surface area contributed by atoms with Crippen LogP contribution in [-0.2, 0) is 0 Å². The number of anilines is 1. The van der Waals surface area contributed by atoms with Gasteiger partial charge in [0.05, 0.1) is 10.6 Å². The van der Waals surface area contributed by atoms with E-state index in [-0.39, 0.29) is 5.78 Å². The van der Waals surface area contributed by atoms with E-state index in [9.17, 15) is 4.79 Å². The summed E-state index contributed by atoms with van der Waals surface area (Å²) in [6.45, 7) is 1.84. The van der Waals surface area contributed by atoms with Gasteiger partial charge in [-0.15, -0.1) is 0 Å². The van der Waals surface area contributed by atoms with E-state index >= 15 is 0 Å². The predicted molar refractivity (Wildman–Crippen MR) is 63.6 cm³/mol. The van der Waals surface area contributed by atoms with Gasteiger partial charge in [-0.05, 0) is 6.92 Å². The van der Waals surface area contributed by atoms with E-state index in [1.807, 2.05) is 25.9 Å². The predicted octanol–water partition coefficient (Wildman–Crippen LogP) is 1.75. The molecule has 0 aliphatic rings. The Morgan fingerprint density at radius 1 is 1.53 bits per heavy atom. The summed E-state index contributed by atoms with van der Waals surface area (Å²) in [4.78, 5) is 18.5. The third-order valence-corrected chi connectivity index (χ3v) is 2.95. The average Bonchev–Trinajstić information content (AvgIpc) is 2.56. The minimum absolute atomic E-state index is 0.000185. The lowest BCUT2D eigenvalue weighted by atomic mass is 10.3. The van der Waals surface area contributed by atoms with Gasteiger partial charge in [0.2, 0.25) is 0 Å². The van der Waals surface area contributed by atoms with Crippen LogP contribution in [-0.4, -0.2) is 36.8 Å². The van der Waals surface area contributed by atoms with Crippen molar-refractivity contribution in [3.8, 4) is 0 Å². The molecule has 4 nitrogen and oxygen atoms in total. The number of rotatable bonds is 4. The summed E-state index contributed by atoms with van der Waals surface area (Å²) in [5, 5.41) is 3.70. The van der Waals surface area contributed by atoms with Crippen LogP contribution in [0, 0.1) is 6.92 Å². The van der Waals surface area contributed by atoms with Gasteiger partial charge in [0.25, 0.3) is 0 Å². The number of hydrogen-bond acceptors (Lipinski definition) is 5. The molecular formula is C10H15N3OS. The molecule has 15 heavy (non-hydrogen) atoms. The van der Waals surface area contributed by atoms with E-state index in [4.69, 9.17) is 0 Å². The van der Waals surface area contributed by atoms with Crippen LogP contribution in [0.4, 0.5) is 5.13 Å². The molecule has 1 aromatic heterocycles. The molecule has 0 saturated carbocycles. The molecule has 0 bridgehead atoms. The van der Waals surface area contributed by atoms with Crippen LogP contribution in [0.2, 0.25) is 0 Å². The van der Waals surface area contributed by atoms with Crippen molar-refractivity contribution in [2.75, 3.05) is 26.5 Å². The van der Waals surface area contributed by atoms with Crippen molar-refractivity contribution in [2.45, 2.75) is 6.92 Å². The Kier molecular flexibility index (Phi) is 3.85. The Labute approximate surface area is 93.6 Å². The van der Waals surface area contributed by atoms with E-state index in [2.05, 4.69) is 10.3 Å². The highest BCUT2D eigenvalue weighted by Crippen LogP contribution is 2.22. The number of carbonyl (C=O) groups is 1. The zero-order valence-electron chi connectivity index (χ0n) is 9.37. The second-order valence-electron chi connectivity index (χ2n) is 3.33. The summed E-state index contributed by atoms with van der Waals surface area (Å²) >= 11 is 1.38. The summed E-state index contributed by atoms with van der Waals surface area (Å²) in [5.74, 6) is 0.000185. The highest BCUT2D eigenvalue weighted by molar-refractivity contribution is 7.17. The lowest BCUT2D eigenvalue weighted by Gasteiger charge is -2.01. The van der Waals surface area contributed by atoms with Gasteiger partial charge in [0, 0.05) is 33.4 Å². The lowest BCUT2D eigenvalue weighted by Crippen LogP contribution is -2.02. The number of ketones is 1.